The zero-order chi connectivity index (χ0) is 17.3. The Labute approximate surface area is 149 Å². The molecule has 0 aliphatic carbocycles. The van der Waals surface area contributed by atoms with Crippen molar-refractivity contribution in [2.45, 2.75) is 39.2 Å². The molecule has 0 unspecified atom stereocenters. The summed E-state index contributed by atoms with van der Waals surface area (Å²) in [5, 5.41) is 10.4. The normalized spacial score (nSPS) is 15.7. The van der Waals surface area contributed by atoms with E-state index in [1.807, 2.05) is 24.0 Å². The molecule has 2 aromatic heterocycles. The van der Waals surface area contributed by atoms with Crippen LogP contribution >= 0.6 is 22.7 Å². The number of piperidine rings is 1. The van der Waals surface area contributed by atoms with Crippen LogP contribution < -0.4 is 0 Å². The molecule has 1 N–H and O–H groups in total. The van der Waals surface area contributed by atoms with Gasteiger partial charge in [-0.25, -0.2) is 4.98 Å². The Kier molecular flexibility index (Phi) is 5.12. The van der Waals surface area contributed by atoms with Gasteiger partial charge in [0.05, 0.1) is 28.0 Å². The van der Waals surface area contributed by atoms with Crippen LogP contribution in [0.25, 0.3) is 9.75 Å². The number of thiophene rings is 1. The van der Waals surface area contributed by atoms with Crippen LogP contribution in [0.2, 0.25) is 0 Å². The molecule has 1 amide bonds. The number of aliphatic hydroxyl groups excluding tert-OH is 1. The van der Waals surface area contributed by atoms with Gasteiger partial charge >= 0.3 is 0 Å². The van der Waals surface area contributed by atoms with Crippen LogP contribution in [0, 0.1) is 6.92 Å². The standard InChI is InChI=1S/C17H20N2O3S2/c1-10(20)9-15-18-11(2)16(24-15)13-3-4-14(23-13)17(22)19-7-5-12(21)6-8-19/h3-4,12,21H,5-9H2,1-2H3. The van der Waals surface area contributed by atoms with Crippen LogP contribution in [0.1, 0.15) is 40.1 Å². The number of aryl methyl sites for hydroxylation is 1. The third-order valence-electron chi connectivity index (χ3n) is 4.03. The van der Waals surface area contributed by atoms with E-state index in [9.17, 15) is 14.7 Å². The van der Waals surface area contributed by atoms with Gasteiger partial charge in [-0.1, -0.05) is 0 Å². The van der Waals surface area contributed by atoms with Crippen molar-refractivity contribution in [2.24, 2.45) is 0 Å². The maximum Gasteiger partial charge on any atom is 0.263 e. The average Bonchev–Trinajstić information content (AvgIpc) is 3.13. The molecule has 0 spiro atoms. The first kappa shape index (κ1) is 17.3. The monoisotopic (exact) mass is 364 g/mol. The van der Waals surface area contributed by atoms with Crippen LogP contribution in [0.4, 0.5) is 0 Å². The van der Waals surface area contributed by atoms with Gasteiger partial charge < -0.3 is 10.0 Å². The summed E-state index contributed by atoms with van der Waals surface area (Å²) in [5.74, 6) is 0.133. The Morgan fingerprint density at radius 2 is 2.00 bits per heavy atom. The largest absolute Gasteiger partial charge is 0.393 e. The summed E-state index contributed by atoms with van der Waals surface area (Å²) in [6, 6.07) is 3.81. The van der Waals surface area contributed by atoms with Crippen molar-refractivity contribution < 1.29 is 14.7 Å². The quantitative estimate of drug-likeness (QED) is 0.905. The van der Waals surface area contributed by atoms with Crippen molar-refractivity contribution in [3.05, 3.63) is 27.7 Å². The number of hydrogen-bond acceptors (Lipinski definition) is 6. The molecule has 1 saturated heterocycles. The fourth-order valence-electron chi connectivity index (χ4n) is 2.77. The number of likely N-dealkylation sites (tertiary alicyclic amines) is 1. The average molecular weight is 364 g/mol. The van der Waals surface area contributed by atoms with Gasteiger partial charge in [-0.2, -0.15) is 0 Å². The van der Waals surface area contributed by atoms with Gasteiger partial charge in [-0.3, -0.25) is 9.59 Å². The first-order valence-electron chi connectivity index (χ1n) is 7.97. The number of aromatic nitrogens is 1. The number of Topliss-reactive ketones (excluding diaryl/α,β-unsaturated/α-hetero) is 1. The smallest absolute Gasteiger partial charge is 0.263 e. The lowest BCUT2D eigenvalue weighted by atomic mass is 10.1. The number of carbonyl (C=O) groups excluding carboxylic acids is 2. The molecular formula is C17H20N2O3S2. The van der Waals surface area contributed by atoms with Crippen molar-refractivity contribution in [2.75, 3.05) is 13.1 Å². The number of carbonyl (C=O) groups is 2. The van der Waals surface area contributed by atoms with E-state index in [2.05, 4.69) is 4.98 Å². The number of nitrogens with zero attached hydrogens (tertiary/aromatic N) is 2. The van der Waals surface area contributed by atoms with Gasteiger partial charge in [0.1, 0.15) is 10.8 Å². The maximum absolute atomic E-state index is 12.6. The number of ketones is 1. The van der Waals surface area contributed by atoms with Gasteiger partial charge in [-0.05, 0) is 38.8 Å². The molecule has 1 aliphatic heterocycles. The summed E-state index contributed by atoms with van der Waals surface area (Å²) in [6.45, 7) is 4.71. The van der Waals surface area contributed by atoms with E-state index in [-0.39, 0.29) is 17.8 Å². The third-order valence-corrected chi connectivity index (χ3v) is 6.44. The van der Waals surface area contributed by atoms with Crippen LogP contribution in [0.3, 0.4) is 0 Å². The predicted octanol–water partition coefficient (Wildman–Crippen LogP) is 2.91. The highest BCUT2D eigenvalue weighted by Gasteiger charge is 2.24. The molecule has 0 aromatic carbocycles. The Hall–Kier alpha value is -1.57. The van der Waals surface area contributed by atoms with Crippen molar-refractivity contribution in [3.8, 4) is 9.75 Å². The number of aliphatic hydroxyl groups is 1. The molecule has 5 nitrogen and oxygen atoms in total. The Morgan fingerprint density at radius 1 is 1.29 bits per heavy atom. The van der Waals surface area contributed by atoms with Gasteiger partial charge in [0.2, 0.25) is 0 Å². The molecule has 24 heavy (non-hydrogen) atoms. The summed E-state index contributed by atoms with van der Waals surface area (Å²) in [7, 11) is 0. The summed E-state index contributed by atoms with van der Waals surface area (Å²) >= 11 is 2.99. The van der Waals surface area contributed by atoms with Gasteiger partial charge in [0, 0.05) is 18.0 Å². The second-order valence-electron chi connectivity index (χ2n) is 6.09. The second kappa shape index (κ2) is 7.13. The predicted molar refractivity (Wildman–Crippen MR) is 95.7 cm³/mol. The van der Waals surface area contributed by atoms with Gasteiger partial charge in [0.15, 0.2) is 0 Å². The first-order valence-corrected chi connectivity index (χ1v) is 9.60. The lowest BCUT2D eigenvalue weighted by Gasteiger charge is -2.29. The zero-order valence-corrected chi connectivity index (χ0v) is 15.4. The van der Waals surface area contributed by atoms with Crippen molar-refractivity contribution >= 4 is 34.4 Å². The summed E-state index contributed by atoms with van der Waals surface area (Å²) in [6.07, 6.45) is 1.37. The molecular weight excluding hydrogens is 344 g/mol. The molecule has 1 fully saturated rings. The molecule has 2 aromatic rings. The van der Waals surface area contributed by atoms with E-state index in [0.717, 1.165) is 20.5 Å². The van der Waals surface area contributed by atoms with Crippen molar-refractivity contribution in [1.82, 2.24) is 9.88 Å². The molecule has 0 radical (unpaired) electrons. The topological polar surface area (TPSA) is 70.5 Å². The Bertz CT molecular complexity index is 758. The summed E-state index contributed by atoms with van der Waals surface area (Å²) in [4.78, 5) is 32.9. The van der Waals surface area contributed by atoms with E-state index in [1.54, 1.807) is 6.92 Å². The molecule has 0 bridgehead atoms. The lowest BCUT2D eigenvalue weighted by molar-refractivity contribution is -0.116. The van der Waals surface area contributed by atoms with Crippen LogP contribution in [0.15, 0.2) is 12.1 Å². The van der Waals surface area contributed by atoms with Gasteiger partial charge in [0.25, 0.3) is 5.91 Å². The molecule has 3 heterocycles. The number of hydrogen-bond donors (Lipinski definition) is 1. The van der Waals surface area contributed by atoms with E-state index in [4.69, 9.17) is 0 Å². The lowest BCUT2D eigenvalue weighted by Crippen LogP contribution is -2.39. The van der Waals surface area contributed by atoms with E-state index in [0.29, 0.717) is 37.2 Å². The second-order valence-corrected chi connectivity index (χ2v) is 8.26. The molecule has 0 saturated carbocycles. The highest BCUT2D eigenvalue weighted by molar-refractivity contribution is 7.23. The minimum Gasteiger partial charge on any atom is -0.393 e. The van der Waals surface area contributed by atoms with E-state index in [1.165, 1.54) is 22.7 Å². The molecule has 1 aliphatic rings. The number of amides is 1. The highest BCUT2D eigenvalue weighted by atomic mass is 32.1. The van der Waals surface area contributed by atoms with Crippen LogP contribution in [0.5, 0.6) is 0 Å². The molecule has 0 atom stereocenters. The zero-order valence-electron chi connectivity index (χ0n) is 13.7. The minimum absolute atomic E-state index is 0.0317. The first-order chi connectivity index (χ1) is 11.4. The highest BCUT2D eigenvalue weighted by Crippen LogP contribution is 2.36. The Morgan fingerprint density at radius 3 is 2.67 bits per heavy atom. The van der Waals surface area contributed by atoms with E-state index < -0.39 is 0 Å². The maximum atomic E-state index is 12.6. The molecule has 128 valence electrons. The molecule has 7 heteroatoms. The Balaban J connectivity index is 1.77. The van der Waals surface area contributed by atoms with Crippen molar-refractivity contribution in [3.63, 3.8) is 0 Å². The van der Waals surface area contributed by atoms with Crippen LogP contribution in [-0.2, 0) is 11.2 Å². The van der Waals surface area contributed by atoms with Gasteiger partial charge in [-0.15, -0.1) is 22.7 Å². The minimum atomic E-state index is -0.285. The molecule has 3 rings (SSSR count). The fraction of sp³-hybridized carbons (Fsp3) is 0.471. The summed E-state index contributed by atoms with van der Waals surface area (Å²) in [5.41, 5.74) is 0.901. The van der Waals surface area contributed by atoms with Crippen LogP contribution in [-0.4, -0.2) is 45.9 Å². The van der Waals surface area contributed by atoms with E-state index >= 15 is 0 Å². The summed E-state index contributed by atoms with van der Waals surface area (Å²) < 4.78 is 0. The number of rotatable bonds is 4. The van der Waals surface area contributed by atoms with Crippen molar-refractivity contribution in [1.29, 1.82) is 0 Å². The SMILES string of the molecule is CC(=O)Cc1nc(C)c(-c2ccc(C(=O)N3CCC(O)CC3)s2)s1. The third kappa shape index (κ3) is 3.74. The fourth-order valence-corrected chi connectivity index (χ4v) is 5.04. The number of thiazole rings is 1.